The zero-order valence-corrected chi connectivity index (χ0v) is 8.32. The zero-order valence-electron chi connectivity index (χ0n) is 8.32. The van der Waals surface area contributed by atoms with Crippen LogP contribution in [0.3, 0.4) is 0 Å². The molecule has 0 saturated carbocycles. The summed E-state index contributed by atoms with van der Waals surface area (Å²) in [6.07, 6.45) is 4.23. The number of aromatic nitrogens is 2. The van der Waals surface area contributed by atoms with Gasteiger partial charge in [0.15, 0.2) is 0 Å². The Bertz CT molecular complexity index is 291. The lowest BCUT2D eigenvalue weighted by Gasteiger charge is -2.09. The molecule has 0 aliphatic carbocycles. The van der Waals surface area contributed by atoms with Crippen molar-refractivity contribution in [2.45, 2.75) is 19.9 Å². The molecule has 1 rings (SSSR count). The van der Waals surface area contributed by atoms with Crippen LogP contribution in [0.4, 0.5) is 0 Å². The fourth-order valence-corrected chi connectivity index (χ4v) is 1.02. The molecule has 0 aliphatic rings. The van der Waals surface area contributed by atoms with Gasteiger partial charge in [0.2, 0.25) is 5.91 Å². The lowest BCUT2D eigenvalue weighted by molar-refractivity contribution is -0.128. The molecular weight excluding hydrogens is 166 g/mol. The Hall–Kier alpha value is -1.32. The second-order valence-corrected chi connectivity index (χ2v) is 3.32. The van der Waals surface area contributed by atoms with Crippen molar-refractivity contribution in [3.63, 3.8) is 0 Å². The van der Waals surface area contributed by atoms with Crippen molar-refractivity contribution in [2.24, 2.45) is 0 Å². The van der Waals surface area contributed by atoms with Gasteiger partial charge < -0.3 is 4.90 Å². The number of carbonyl (C=O) groups excluding carboxylic acids is 1. The summed E-state index contributed by atoms with van der Waals surface area (Å²) in [6.45, 7) is 2.64. The standard InChI is InChI=1S/C9H15N3O/c1-8-6-10-12(7-8)5-4-9(13)11(2)3/h6-7H,4-5H2,1-3H3. The van der Waals surface area contributed by atoms with Crippen LogP contribution in [0.5, 0.6) is 0 Å². The third-order valence-electron chi connectivity index (χ3n) is 1.82. The van der Waals surface area contributed by atoms with Crippen LogP contribution in [0.2, 0.25) is 0 Å². The molecule has 1 aromatic rings. The fraction of sp³-hybridized carbons (Fsp3) is 0.556. The molecule has 0 unspecified atom stereocenters. The molecule has 0 saturated heterocycles. The molecule has 0 N–H and O–H groups in total. The minimum atomic E-state index is 0.133. The van der Waals surface area contributed by atoms with Crippen LogP contribution < -0.4 is 0 Å². The van der Waals surface area contributed by atoms with Gasteiger partial charge >= 0.3 is 0 Å². The molecule has 72 valence electrons. The maximum absolute atomic E-state index is 11.2. The molecule has 1 amide bonds. The van der Waals surface area contributed by atoms with E-state index in [-0.39, 0.29) is 5.91 Å². The maximum atomic E-state index is 11.2. The van der Waals surface area contributed by atoms with Gasteiger partial charge in [0, 0.05) is 33.3 Å². The zero-order chi connectivity index (χ0) is 9.84. The van der Waals surface area contributed by atoms with Crippen LogP contribution in [-0.4, -0.2) is 34.7 Å². The third kappa shape index (κ3) is 2.89. The highest BCUT2D eigenvalue weighted by Gasteiger charge is 2.03. The van der Waals surface area contributed by atoms with Crippen molar-refractivity contribution in [3.05, 3.63) is 18.0 Å². The molecule has 4 nitrogen and oxygen atoms in total. The molecule has 0 aliphatic heterocycles. The number of rotatable bonds is 3. The largest absolute Gasteiger partial charge is 0.349 e. The van der Waals surface area contributed by atoms with Crippen molar-refractivity contribution < 1.29 is 4.79 Å². The predicted octanol–water partition coefficient (Wildman–Crippen LogP) is 0.670. The van der Waals surface area contributed by atoms with Crippen LogP contribution in [0.15, 0.2) is 12.4 Å². The van der Waals surface area contributed by atoms with Crippen LogP contribution >= 0.6 is 0 Å². The molecule has 0 spiro atoms. The lowest BCUT2D eigenvalue weighted by atomic mass is 10.4. The summed E-state index contributed by atoms with van der Waals surface area (Å²) in [4.78, 5) is 12.8. The van der Waals surface area contributed by atoms with E-state index in [9.17, 15) is 4.79 Å². The third-order valence-corrected chi connectivity index (χ3v) is 1.82. The molecule has 13 heavy (non-hydrogen) atoms. The Kier molecular flexibility index (Phi) is 3.06. The predicted molar refractivity (Wildman–Crippen MR) is 50.3 cm³/mol. The second kappa shape index (κ2) is 4.07. The Balaban J connectivity index is 2.39. The molecule has 1 aromatic heterocycles. The fourth-order valence-electron chi connectivity index (χ4n) is 1.02. The van der Waals surface area contributed by atoms with Gasteiger partial charge in [-0.25, -0.2) is 0 Å². The molecular formula is C9H15N3O. The Labute approximate surface area is 78.1 Å². The number of nitrogens with zero attached hydrogens (tertiary/aromatic N) is 3. The molecule has 1 heterocycles. The first-order valence-electron chi connectivity index (χ1n) is 4.29. The average molecular weight is 181 g/mol. The SMILES string of the molecule is Cc1cnn(CCC(=O)N(C)C)c1. The Morgan fingerprint density at radius 1 is 1.62 bits per heavy atom. The van der Waals surface area contributed by atoms with Gasteiger partial charge in [-0.1, -0.05) is 0 Å². The first-order chi connectivity index (χ1) is 6.09. The van der Waals surface area contributed by atoms with Gasteiger partial charge in [-0.3, -0.25) is 9.48 Å². The molecule has 4 heteroatoms. The number of aryl methyl sites for hydroxylation is 2. The van der Waals surface area contributed by atoms with Gasteiger partial charge in [-0.15, -0.1) is 0 Å². The van der Waals surface area contributed by atoms with E-state index >= 15 is 0 Å². The van der Waals surface area contributed by atoms with Gasteiger partial charge in [-0.2, -0.15) is 5.10 Å². The maximum Gasteiger partial charge on any atom is 0.223 e. The number of carbonyl (C=O) groups is 1. The quantitative estimate of drug-likeness (QED) is 0.687. The highest BCUT2D eigenvalue weighted by molar-refractivity contribution is 5.75. The van der Waals surface area contributed by atoms with E-state index in [1.807, 2.05) is 13.1 Å². The van der Waals surface area contributed by atoms with E-state index in [0.29, 0.717) is 13.0 Å². The average Bonchev–Trinajstić information content (AvgIpc) is 2.47. The highest BCUT2D eigenvalue weighted by atomic mass is 16.2. The van der Waals surface area contributed by atoms with E-state index in [0.717, 1.165) is 5.56 Å². The van der Waals surface area contributed by atoms with Gasteiger partial charge in [0.05, 0.1) is 6.20 Å². The van der Waals surface area contributed by atoms with Crippen LogP contribution in [-0.2, 0) is 11.3 Å². The summed E-state index contributed by atoms with van der Waals surface area (Å²) in [5, 5.41) is 4.09. The summed E-state index contributed by atoms with van der Waals surface area (Å²) in [7, 11) is 3.52. The van der Waals surface area contributed by atoms with Gasteiger partial charge in [0.1, 0.15) is 0 Å². The minimum absolute atomic E-state index is 0.133. The lowest BCUT2D eigenvalue weighted by Crippen LogP contribution is -2.22. The van der Waals surface area contributed by atoms with Crippen molar-refractivity contribution in [2.75, 3.05) is 14.1 Å². The molecule has 0 radical (unpaired) electrons. The molecule has 0 bridgehead atoms. The summed E-state index contributed by atoms with van der Waals surface area (Å²) in [5.74, 6) is 0.133. The summed E-state index contributed by atoms with van der Waals surface area (Å²) >= 11 is 0. The molecule has 0 atom stereocenters. The van der Waals surface area contributed by atoms with Crippen LogP contribution in [0.1, 0.15) is 12.0 Å². The minimum Gasteiger partial charge on any atom is -0.349 e. The summed E-state index contributed by atoms with van der Waals surface area (Å²) in [6, 6.07) is 0. The number of amides is 1. The van der Waals surface area contributed by atoms with Crippen molar-refractivity contribution in [3.8, 4) is 0 Å². The smallest absolute Gasteiger partial charge is 0.223 e. The van der Waals surface area contributed by atoms with Crippen LogP contribution in [0, 0.1) is 6.92 Å². The number of hydrogen-bond donors (Lipinski definition) is 0. The molecule has 0 aromatic carbocycles. The first kappa shape index (κ1) is 9.77. The number of hydrogen-bond acceptors (Lipinski definition) is 2. The summed E-state index contributed by atoms with van der Waals surface area (Å²) in [5.41, 5.74) is 1.12. The van der Waals surface area contributed by atoms with Crippen molar-refractivity contribution in [1.82, 2.24) is 14.7 Å². The molecule has 0 fully saturated rings. The second-order valence-electron chi connectivity index (χ2n) is 3.32. The Morgan fingerprint density at radius 3 is 2.77 bits per heavy atom. The van der Waals surface area contributed by atoms with Crippen molar-refractivity contribution in [1.29, 1.82) is 0 Å². The van der Waals surface area contributed by atoms with Crippen LogP contribution in [0.25, 0.3) is 0 Å². The Morgan fingerprint density at radius 2 is 2.31 bits per heavy atom. The van der Waals surface area contributed by atoms with Gasteiger partial charge in [0.25, 0.3) is 0 Å². The highest BCUT2D eigenvalue weighted by Crippen LogP contribution is 1.97. The van der Waals surface area contributed by atoms with E-state index in [1.165, 1.54) is 0 Å². The summed E-state index contributed by atoms with van der Waals surface area (Å²) < 4.78 is 1.79. The topological polar surface area (TPSA) is 38.1 Å². The van der Waals surface area contributed by atoms with Crippen molar-refractivity contribution >= 4 is 5.91 Å². The van der Waals surface area contributed by atoms with E-state index in [4.69, 9.17) is 0 Å². The van der Waals surface area contributed by atoms with E-state index in [1.54, 1.807) is 29.9 Å². The normalized spacial score (nSPS) is 10.1. The van der Waals surface area contributed by atoms with E-state index in [2.05, 4.69) is 5.10 Å². The monoisotopic (exact) mass is 181 g/mol. The van der Waals surface area contributed by atoms with Gasteiger partial charge in [-0.05, 0) is 12.5 Å². The van der Waals surface area contributed by atoms with E-state index < -0.39 is 0 Å². The first-order valence-corrected chi connectivity index (χ1v) is 4.29.